The van der Waals surface area contributed by atoms with Gasteiger partial charge in [-0.25, -0.2) is 8.78 Å². The van der Waals surface area contributed by atoms with Crippen LogP contribution in [-0.2, 0) is 34.4 Å². The first-order chi connectivity index (χ1) is 34.2. The number of rotatable bonds is 12. The maximum Gasteiger partial charge on any atom is 0.416 e. The first kappa shape index (κ1) is 18.7. The Morgan fingerprint density at radius 1 is 1.04 bits per heavy atom. The molecule has 0 bridgehead atoms. The summed E-state index contributed by atoms with van der Waals surface area (Å²) >= 11 is -0.550. The fourth-order valence-electron chi connectivity index (χ4n) is 4.61. The Morgan fingerprint density at radius 2 is 1.72 bits per heavy atom. The molecule has 0 N–H and O–H groups in total. The number of carbonyl (C=O) groups is 1. The highest BCUT2D eigenvalue weighted by Crippen LogP contribution is 2.32. The Kier molecular flexibility index (Phi) is 5.87. The Bertz CT molecular complexity index is 3190. The molecular weight excluding hydrogens is 710 g/mol. The number of ether oxygens (including phenoxy) is 1. The molecule has 0 unspecified atom stereocenters. The summed E-state index contributed by atoms with van der Waals surface area (Å²) in [5.41, 5.74) is -10.4. The predicted octanol–water partition coefficient (Wildman–Crippen LogP) is 8.71. The number of aromatic nitrogens is 1. The number of benzene rings is 4. The number of pyridine rings is 1. The van der Waals surface area contributed by atoms with Gasteiger partial charge >= 0.3 is 6.18 Å². The number of methoxy groups -OCH3 is 1. The fraction of sp³-hybridized carbons (Fsp3) is 0.317. The lowest BCUT2D eigenvalue weighted by atomic mass is 10.00. The molecule has 1 aromatic heterocycles. The number of fused-ring (bicyclic) bond motifs is 1. The van der Waals surface area contributed by atoms with Crippen molar-refractivity contribution in [1.29, 1.82) is 0 Å². The van der Waals surface area contributed by atoms with E-state index in [1.165, 1.54) is 0 Å². The highest BCUT2D eigenvalue weighted by atomic mass is 32.2. The largest absolute Gasteiger partial charge is 0.416 e. The molecule has 278 valence electrons. The third-order valence-corrected chi connectivity index (χ3v) is 7.94. The fourth-order valence-corrected chi connectivity index (χ4v) is 5.35. The zero-order chi connectivity index (χ0) is 58.2. The van der Waals surface area contributed by atoms with Crippen LogP contribution >= 0.6 is 11.8 Å². The third kappa shape index (κ3) is 9.17. The van der Waals surface area contributed by atoms with Crippen LogP contribution in [0.15, 0.2) is 101 Å². The summed E-state index contributed by atoms with van der Waals surface area (Å²) in [6.45, 7) is -25.6. The molecule has 1 saturated heterocycles. The SMILES string of the molecule is [2H]c1c(C)c([2H])c2c(=O)c([2H])c(SC([2H])([2H])c3cccc(F)c3F)n(C([2H])([2H])C(=O)N(C([2H])([2H])c3ccc(-c4ccc(C(F)(F)F)cc4)cc3)C3([2H])C([2H])([2H])C([2H])([2H])N(C([2H])([2H])C([2H])([2H])OC)C([2H])([2H])C3([2H])[2H])c2c1[2H]. The molecule has 0 radical (unpaired) electrons. The maximum atomic E-state index is 15.9. The molecule has 1 amide bonds. The standard InChI is InChI=1S/C41H40F5N3O3S/c1-27-6-15-36-34(22-27)37(50)23-39(53-26-31-4-3-5-35(42)40(31)43)49(36)25-38(51)48(33-16-18-47(19-17-33)20-21-52-2)24-28-7-9-29(10-8-28)30-11-13-32(14-12-30)41(44,45)46/h3-15,22-23,33H,16-21,24-26H2,1-2H3/i6D,15D,16D2,17D2,18D2,19D2,20D2,21D2,22D,23D,24D2,25D2,26D2,33D. The van der Waals surface area contributed by atoms with Gasteiger partial charge in [0.2, 0.25) is 5.91 Å². The number of halogens is 5. The second kappa shape index (κ2) is 16.7. The van der Waals surface area contributed by atoms with Crippen LogP contribution in [0, 0.1) is 18.6 Å². The van der Waals surface area contributed by atoms with Gasteiger partial charge in [-0.2, -0.15) is 13.2 Å². The van der Waals surface area contributed by atoms with Crippen LogP contribution in [0.5, 0.6) is 0 Å². The Labute approximate surface area is 341 Å². The Hall–Kier alpha value is -4.52. The third-order valence-electron chi connectivity index (χ3n) is 7.14. The van der Waals surface area contributed by atoms with Gasteiger partial charge in [0.25, 0.3) is 0 Å². The topological polar surface area (TPSA) is 54.8 Å². The average molecular weight is 773 g/mol. The van der Waals surface area contributed by atoms with Crippen molar-refractivity contribution in [2.45, 2.75) is 55.6 Å². The maximum absolute atomic E-state index is 15.9. The second-order valence-electron chi connectivity index (χ2n) is 10.7. The van der Waals surface area contributed by atoms with Crippen LogP contribution in [-0.4, -0.2) is 59.5 Å². The monoisotopic (exact) mass is 772 g/mol. The normalized spacial score (nSPS) is 26.3. The van der Waals surface area contributed by atoms with E-state index in [0.717, 1.165) is 37.3 Å². The lowest BCUT2D eigenvalue weighted by molar-refractivity contribution is -0.137. The van der Waals surface area contributed by atoms with Crippen LogP contribution in [0.4, 0.5) is 22.0 Å². The molecule has 5 aromatic rings. The van der Waals surface area contributed by atoms with E-state index in [-0.39, 0.29) is 15.7 Å². The minimum atomic E-state index is -5.05. The molecule has 1 aliphatic rings. The van der Waals surface area contributed by atoms with Crippen LogP contribution in [0.3, 0.4) is 0 Å². The second-order valence-corrected chi connectivity index (χ2v) is 11.5. The number of hydrogen-bond acceptors (Lipinski definition) is 5. The number of piperidine rings is 1. The zero-order valence-corrected chi connectivity index (χ0v) is 28.0. The van der Waals surface area contributed by atoms with E-state index in [9.17, 15) is 34.7 Å². The summed E-state index contributed by atoms with van der Waals surface area (Å²) in [7, 11) is 0.498. The minimum absolute atomic E-state index is 0.0104. The van der Waals surface area contributed by atoms with Crippen molar-refractivity contribution in [2.75, 3.05) is 33.2 Å². The van der Waals surface area contributed by atoms with E-state index in [1.54, 1.807) is 0 Å². The van der Waals surface area contributed by atoms with Gasteiger partial charge in [0.1, 0.15) is 6.50 Å². The van der Waals surface area contributed by atoms with Crippen molar-refractivity contribution in [3.8, 4) is 11.1 Å². The first-order valence-corrected chi connectivity index (χ1v) is 15.8. The number of likely N-dealkylation sites (tertiary alicyclic amines) is 1. The van der Waals surface area contributed by atoms with E-state index in [1.807, 2.05) is 0 Å². The van der Waals surface area contributed by atoms with E-state index < -0.39 is 177 Å². The van der Waals surface area contributed by atoms with Crippen LogP contribution in [0.25, 0.3) is 22.0 Å². The van der Waals surface area contributed by atoms with Gasteiger partial charge in [0.15, 0.2) is 17.1 Å². The predicted molar refractivity (Wildman–Crippen MR) is 198 cm³/mol. The van der Waals surface area contributed by atoms with E-state index in [2.05, 4.69) is 4.74 Å². The van der Waals surface area contributed by atoms with Crippen molar-refractivity contribution in [2.24, 2.45) is 0 Å². The number of alkyl halides is 3. The van der Waals surface area contributed by atoms with Crippen LogP contribution in [0.2, 0.25) is 0 Å². The van der Waals surface area contributed by atoms with Gasteiger partial charge in [0.05, 0.1) is 37.7 Å². The van der Waals surface area contributed by atoms with Crippen molar-refractivity contribution in [3.63, 3.8) is 0 Å². The zero-order valence-electron chi connectivity index (χ0n) is 50.2. The highest BCUT2D eigenvalue weighted by molar-refractivity contribution is 7.98. The smallest absolute Gasteiger partial charge is 0.383 e. The van der Waals surface area contributed by atoms with Gasteiger partial charge in [-0.1, -0.05) is 60.1 Å². The molecule has 1 aliphatic heterocycles. The molecule has 53 heavy (non-hydrogen) atoms. The number of thioether (sulfide) groups is 1. The molecule has 2 heterocycles. The summed E-state index contributed by atoms with van der Waals surface area (Å²) in [5.74, 6) is -6.42. The van der Waals surface area contributed by atoms with Gasteiger partial charge in [-0.05, 0) is 66.6 Å². The van der Waals surface area contributed by atoms with E-state index in [4.69, 9.17) is 19.2 Å². The number of carbonyl (C=O) groups excluding carboxylic acids is 1. The molecule has 0 spiro atoms. The van der Waals surface area contributed by atoms with Gasteiger partial charge < -0.3 is 19.1 Å². The number of hydrogen-bond donors (Lipinski definition) is 0. The Balaban J connectivity index is 1.77. The summed E-state index contributed by atoms with van der Waals surface area (Å²) in [6.07, 6.45) is -14.6. The van der Waals surface area contributed by atoms with Crippen molar-refractivity contribution >= 4 is 28.6 Å². The van der Waals surface area contributed by atoms with E-state index in [0.29, 0.717) is 43.5 Å². The molecule has 6 nitrogen and oxygen atoms in total. The van der Waals surface area contributed by atoms with Crippen molar-refractivity contribution in [1.82, 2.24) is 14.4 Å². The van der Waals surface area contributed by atoms with E-state index >= 15 is 9.18 Å². The van der Waals surface area contributed by atoms with Crippen LogP contribution < -0.4 is 5.43 Å². The molecule has 0 saturated carbocycles. The number of nitrogens with zero attached hydrogens (tertiary/aromatic N) is 3. The van der Waals surface area contributed by atoms with Crippen molar-refractivity contribution < 1.29 is 63.0 Å². The summed E-state index contributed by atoms with van der Waals surface area (Å²) < 4.78 is 282. The summed E-state index contributed by atoms with van der Waals surface area (Å²) in [4.78, 5) is 28.0. The van der Waals surface area contributed by atoms with Crippen LogP contribution in [0.1, 0.15) is 66.5 Å². The van der Waals surface area contributed by atoms with Gasteiger partial charge in [0, 0.05) is 78.3 Å². The molecular formula is C41H40F5N3O3S. The number of amides is 1. The lowest BCUT2D eigenvalue weighted by Crippen LogP contribution is -2.48. The van der Waals surface area contributed by atoms with Crippen molar-refractivity contribution in [3.05, 3.63) is 135 Å². The summed E-state index contributed by atoms with van der Waals surface area (Å²) in [6, 6.07) is -1.47. The summed E-state index contributed by atoms with van der Waals surface area (Å²) in [5, 5.41) is -2.71. The molecule has 12 heteroatoms. The molecule has 6 rings (SSSR count). The molecule has 4 aromatic carbocycles. The van der Waals surface area contributed by atoms with Gasteiger partial charge in [-0.3, -0.25) is 9.59 Å². The molecule has 0 atom stereocenters. The van der Waals surface area contributed by atoms with Gasteiger partial charge in [-0.15, -0.1) is 11.8 Å². The minimum Gasteiger partial charge on any atom is -0.383 e. The lowest BCUT2D eigenvalue weighted by Gasteiger charge is -2.39. The Morgan fingerprint density at radius 3 is 2.38 bits per heavy atom. The highest BCUT2D eigenvalue weighted by Gasteiger charge is 2.31. The quantitative estimate of drug-likeness (QED) is 0.0939. The molecule has 0 aliphatic carbocycles. The first-order valence-electron chi connectivity index (χ1n) is 26.5. The molecule has 1 fully saturated rings. The average Bonchev–Trinajstić information content (AvgIpc) is 3.30.